The molecule has 0 aromatic heterocycles. The first kappa shape index (κ1) is 15.6. The van der Waals surface area contributed by atoms with E-state index in [9.17, 15) is 4.79 Å². The molecule has 22 heavy (non-hydrogen) atoms. The molecule has 3 nitrogen and oxygen atoms in total. The summed E-state index contributed by atoms with van der Waals surface area (Å²) in [5.41, 5.74) is 0.619. The number of hydrogen-bond donors (Lipinski definition) is 1. The molecule has 1 atom stereocenters. The summed E-state index contributed by atoms with van der Waals surface area (Å²) in [5.74, 6) is 0.0599. The fraction of sp³-hybridized carbons (Fsp3) is 0.500. The van der Waals surface area contributed by atoms with Crippen molar-refractivity contribution in [2.45, 2.75) is 44.2 Å². The molecule has 3 rings (SSSR count). The second-order valence-electron chi connectivity index (χ2n) is 6.19. The number of halogens is 1. The summed E-state index contributed by atoms with van der Waals surface area (Å²) in [6.45, 7) is 1.62. The van der Waals surface area contributed by atoms with Crippen LogP contribution >= 0.6 is 11.6 Å². The maximum absolute atomic E-state index is 12.5. The molecule has 1 aliphatic heterocycles. The van der Waals surface area contributed by atoms with Crippen LogP contribution in [-0.2, 0) is 0 Å². The summed E-state index contributed by atoms with van der Waals surface area (Å²) in [7, 11) is 0. The Hall–Kier alpha value is -1.32. The summed E-state index contributed by atoms with van der Waals surface area (Å²) in [4.78, 5) is 14.5. The van der Waals surface area contributed by atoms with Crippen molar-refractivity contribution < 1.29 is 4.79 Å². The van der Waals surface area contributed by atoms with Gasteiger partial charge in [-0.15, -0.1) is 0 Å². The van der Waals surface area contributed by atoms with Crippen molar-refractivity contribution in [2.75, 3.05) is 13.1 Å². The Morgan fingerprint density at radius 2 is 1.86 bits per heavy atom. The minimum absolute atomic E-state index is 0.0599. The molecule has 1 fully saturated rings. The third-order valence-electron chi connectivity index (χ3n) is 4.63. The van der Waals surface area contributed by atoms with Crippen LogP contribution in [0.15, 0.2) is 36.4 Å². The average molecular weight is 319 g/mol. The Morgan fingerprint density at radius 1 is 1.09 bits per heavy atom. The highest BCUT2D eigenvalue weighted by Crippen LogP contribution is 2.21. The summed E-state index contributed by atoms with van der Waals surface area (Å²) in [6, 6.07) is 8.45. The van der Waals surface area contributed by atoms with Crippen LogP contribution < -0.4 is 5.32 Å². The lowest BCUT2D eigenvalue weighted by Crippen LogP contribution is -2.48. The topological polar surface area (TPSA) is 32.3 Å². The predicted molar refractivity (Wildman–Crippen MR) is 90.3 cm³/mol. The number of hydrogen-bond acceptors (Lipinski definition) is 2. The van der Waals surface area contributed by atoms with Crippen molar-refractivity contribution in [2.24, 2.45) is 0 Å². The molecule has 1 heterocycles. The fourth-order valence-electron chi connectivity index (χ4n) is 3.33. The van der Waals surface area contributed by atoms with Crippen molar-refractivity contribution in [1.82, 2.24) is 10.2 Å². The maximum atomic E-state index is 12.5. The lowest BCUT2D eigenvalue weighted by atomic mass is 9.97. The number of carbonyl (C=O) groups excluding carboxylic acids is 1. The Morgan fingerprint density at radius 3 is 2.55 bits per heavy atom. The van der Waals surface area contributed by atoms with Crippen LogP contribution in [0.4, 0.5) is 0 Å². The molecule has 1 aromatic carbocycles. The van der Waals surface area contributed by atoms with E-state index in [0.29, 0.717) is 22.7 Å². The van der Waals surface area contributed by atoms with Gasteiger partial charge in [-0.1, -0.05) is 35.9 Å². The largest absolute Gasteiger partial charge is 0.338 e. The normalized spacial score (nSPS) is 22.8. The van der Waals surface area contributed by atoms with Crippen molar-refractivity contribution in [1.29, 1.82) is 0 Å². The van der Waals surface area contributed by atoms with E-state index in [2.05, 4.69) is 17.5 Å². The molecule has 0 bridgehead atoms. The third-order valence-corrected chi connectivity index (χ3v) is 4.96. The Kier molecular flexibility index (Phi) is 5.16. The number of piperidine rings is 1. The van der Waals surface area contributed by atoms with Gasteiger partial charge >= 0.3 is 0 Å². The highest BCUT2D eigenvalue weighted by atomic mass is 35.5. The first-order chi connectivity index (χ1) is 10.7. The summed E-state index contributed by atoms with van der Waals surface area (Å²) < 4.78 is 0. The van der Waals surface area contributed by atoms with Crippen molar-refractivity contribution >= 4 is 17.5 Å². The number of nitrogens with zero attached hydrogens (tertiary/aromatic N) is 1. The van der Waals surface area contributed by atoms with Crippen LogP contribution in [0.25, 0.3) is 0 Å². The first-order valence-electron chi connectivity index (χ1n) is 8.19. The van der Waals surface area contributed by atoms with Gasteiger partial charge in [-0.2, -0.15) is 0 Å². The molecule has 1 amide bonds. The van der Waals surface area contributed by atoms with Crippen LogP contribution in [0.1, 0.15) is 42.5 Å². The van der Waals surface area contributed by atoms with E-state index in [1.54, 1.807) is 6.07 Å². The van der Waals surface area contributed by atoms with Gasteiger partial charge in [-0.3, -0.25) is 4.79 Å². The van der Waals surface area contributed by atoms with Gasteiger partial charge in [0.25, 0.3) is 5.91 Å². The zero-order valence-corrected chi connectivity index (χ0v) is 13.6. The number of benzene rings is 1. The second-order valence-corrected chi connectivity index (χ2v) is 6.60. The van der Waals surface area contributed by atoms with E-state index in [1.807, 2.05) is 23.1 Å². The van der Waals surface area contributed by atoms with Crippen molar-refractivity contribution in [3.05, 3.63) is 47.0 Å². The Labute approximate surface area is 137 Å². The molecule has 1 aliphatic carbocycles. The Bertz CT molecular complexity index is 550. The summed E-state index contributed by atoms with van der Waals surface area (Å²) >= 11 is 6.13. The van der Waals surface area contributed by atoms with Gasteiger partial charge < -0.3 is 10.2 Å². The summed E-state index contributed by atoms with van der Waals surface area (Å²) in [6.07, 6.45) is 10.1. The monoisotopic (exact) mass is 318 g/mol. The molecule has 1 N–H and O–H groups in total. The quantitative estimate of drug-likeness (QED) is 0.863. The van der Waals surface area contributed by atoms with Crippen LogP contribution in [0.3, 0.4) is 0 Å². The SMILES string of the molecule is O=C(c1ccccc1Cl)N1CCC(NC2CC=CCC2)CC1. The smallest absolute Gasteiger partial charge is 0.255 e. The number of amides is 1. The molecule has 4 heteroatoms. The number of likely N-dealkylation sites (tertiary alicyclic amines) is 1. The third kappa shape index (κ3) is 3.71. The molecule has 1 unspecified atom stereocenters. The van der Waals surface area contributed by atoms with Gasteiger partial charge in [0.05, 0.1) is 10.6 Å². The zero-order chi connectivity index (χ0) is 15.4. The minimum Gasteiger partial charge on any atom is -0.338 e. The van der Waals surface area contributed by atoms with E-state index in [1.165, 1.54) is 12.8 Å². The predicted octanol–water partition coefficient (Wildman–Crippen LogP) is 3.64. The van der Waals surface area contributed by atoms with Gasteiger partial charge in [-0.05, 0) is 44.2 Å². The molecule has 0 spiro atoms. The van der Waals surface area contributed by atoms with Crippen LogP contribution in [0, 0.1) is 0 Å². The van der Waals surface area contributed by atoms with Gasteiger partial charge in [0.2, 0.25) is 0 Å². The first-order valence-corrected chi connectivity index (χ1v) is 8.56. The van der Waals surface area contributed by atoms with Crippen LogP contribution in [0.5, 0.6) is 0 Å². The number of carbonyl (C=O) groups is 1. The average Bonchev–Trinajstić information content (AvgIpc) is 2.56. The standard InChI is InChI=1S/C18H23ClN2O/c19-17-9-5-4-8-16(17)18(22)21-12-10-15(11-13-21)20-14-6-2-1-3-7-14/h1-2,4-5,8-9,14-15,20H,3,6-7,10-13H2. The zero-order valence-electron chi connectivity index (χ0n) is 12.8. The van der Waals surface area contributed by atoms with E-state index < -0.39 is 0 Å². The van der Waals surface area contributed by atoms with E-state index in [4.69, 9.17) is 11.6 Å². The number of nitrogens with one attached hydrogen (secondary N) is 1. The second kappa shape index (κ2) is 7.30. The maximum Gasteiger partial charge on any atom is 0.255 e. The lowest BCUT2D eigenvalue weighted by Gasteiger charge is -2.35. The van der Waals surface area contributed by atoms with Gasteiger partial charge in [0.1, 0.15) is 0 Å². The molecule has 0 radical (unpaired) electrons. The van der Waals surface area contributed by atoms with E-state index in [0.717, 1.165) is 32.4 Å². The van der Waals surface area contributed by atoms with Crippen LogP contribution in [0.2, 0.25) is 5.02 Å². The lowest BCUT2D eigenvalue weighted by molar-refractivity contribution is 0.0701. The molecule has 1 aromatic rings. The van der Waals surface area contributed by atoms with Gasteiger partial charge in [-0.25, -0.2) is 0 Å². The number of rotatable bonds is 3. The highest BCUT2D eigenvalue weighted by molar-refractivity contribution is 6.33. The van der Waals surface area contributed by atoms with E-state index >= 15 is 0 Å². The molecule has 2 aliphatic rings. The minimum atomic E-state index is 0.0599. The summed E-state index contributed by atoms with van der Waals surface area (Å²) in [5, 5.41) is 4.30. The molecular weight excluding hydrogens is 296 g/mol. The van der Waals surface area contributed by atoms with E-state index in [-0.39, 0.29) is 5.91 Å². The van der Waals surface area contributed by atoms with Gasteiger partial charge in [0.15, 0.2) is 0 Å². The van der Waals surface area contributed by atoms with Crippen molar-refractivity contribution in [3.8, 4) is 0 Å². The van der Waals surface area contributed by atoms with Crippen molar-refractivity contribution in [3.63, 3.8) is 0 Å². The Balaban J connectivity index is 1.52. The molecular formula is C18H23ClN2O. The van der Waals surface area contributed by atoms with Crippen LogP contribution in [-0.4, -0.2) is 36.0 Å². The molecule has 0 saturated carbocycles. The number of allylic oxidation sites excluding steroid dienone is 1. The highest BCUT2D eigenvalue weighted by Gasteiger charge is 2.25. The molecule has 118 valence electrons. The van der Waals surface area contributed by atoms with Gasteiger partial charge in [0, 0.05) is 25.2 Å². The fourth-order valence-corrected chi connectivity index (χ4v) is 3.55. The molecule has 1 saturated heterocycles.